The van der Waals surface area contributed by atoms with Crippen LogP contribution < -0.4 is 4.72 Å². The van der Waals surface area contributed by atoms with Gasteiger partial charge in [0.25, 0.3) is 10.0 Å². The van der Waals surface area contributed by atoms with E-state index in [4.69, 9.17) is 0 Å². The van der Waals surface area contributed by atoms with Crippen LogP contribution >= 0.6 is 0 Å². The number of hydrogen-bond donors (Lipinski definition) is 2. The van der Waals surface area contributed by atoms with Gasteiger partial charge in [0.05, 0.1) is 6.20 Å². The van der Waals surface area contributed by atoms with Gasteiger partial charge >= 0.3 is 0 Å². The number of imidazole rings is 1. The van der Waals surface area contributed by atoms with E-state index in [0.717, 1.165) is 0 Å². The van der Waals surface area contributed by atoms with Gasteiger partial charge in [-0.05, 0) is 12.1 Å². The molecule has 2 N–H and O–H groups in total. The van der Waals surface area contributed by atoms with E-state index >= 15 is 0 Å². The number of H-pyrrole nitrogens is 1. The van der Waals surface area contributed by atoms with Crippen LogP contribution in [0.2, 0.25) is 0 Å². The van der Waals surface area contributed by atoms with Crippen molar-refractivity contribution < 1.29 is 8.42 Å². The van der Waals surface area contributed by atoms with Crippen LogP contribution in [0.4, 0.5) is 0 Å². The van der Waals surface area contributed by atoms with E-state index in [1.807, 2.05) is 36.0 Å². The van der Waals surface area contributed by atoms with Crippen LogP contribution in [0.15, 0.2) is 35.7 Å². The average Bonchev–Trinajstić information content (AvgIpc) is 2.99. The maximum atomic E-state index is 11.9. The first-order valence-electron chi connectivity index (χ1n) is 5.76. The summed E-state index contributed by atoms with van der Waals surface area (Å²) in [6.45, 7) is 2.85. The summed E-state index contributed by atoms with van der Waals surface area (Å²) in [5.74, 6) is 0.667. The fraction of sp³-hybridized carbons (Fsp3) is 0.364. The molecule has 0 aliphatic rings. The molecule has 18 heavy (non-hydrogen) atoms. The molecule has 0 atom stereocenters. The minimum absolute atomic E-state index is 0.117. The summed E-state index contributed by atoms with van der Waals surface area (Å²) in [5, 5.41) is 0.117. The summed E-state index contributed by atoms with van der Waals surface area (Å²) in [7, 11) is -3.48. The molecule has 2 aromatic rings. The average molecular weight is 268 g/mol. The molecule has 0 saturated heterocycles. The summed E-state index contributed by atoms with van der Waals surface area (Å²) in [4.78, 5) is 6.76. The van der Waals surface area contributed by atoms with Gasteiger partial charge in [-0.25, -0.2) is 18.1 Å². The first-order chi connectivity index (χ1) is 8.62. The van der Waals surface area contributed by atoms with E-state index in [1.54, 1.807) is 0 Å². The topological polar surface area (TPSA) is 79.8 Å². The second-order valence-electron chi connectivity index (χ2n) is 3.87. The van der Waals surface area contributed by atoms with Gasteiger partial charge < -0.3 is 9.55 Å². The molecule has 2 heterocycles. The van der Waals surface area contributed by atoms with Crippen molar-refractivity contribution in [3.8, 4) is 0 Å². The zero-order chi connectivity index (χ0) is 13.0. The number of rotatable bonds is 6. The predicted octanol–water partition coefficient (Wildman–Crippen LogP) is 0.752. The summed E-state index contributed by atoms with van der Waals surface area (Å²) in [6, 6.07) is 3.80. The number of aryl methyl sites for hydroxylation is 1. The van der Waals surface area contributed by atoms with E-state index in [-0.39, 0.29) is 5.03 Å². The molecule has 0 unspecified atom stereocenters. The summed E-state index contributed by atoms with van der Waals surface area (Å²) >= 11 is 0. The smallest absolute Gasteiger partial charge is 0.257 e. The van der Waals surface area contributed by atoms with Crippen molar-refractivity contribution in [1.82, 2.24) is 19.3 Å². The lowest BCUT2D eigenvalue weighted by Crippen LogP contribution is -2.27. The third-order valence-electron chi connectivity index (χ3n) is 2.56. The fourth-order valence-electron chi connectivity index (χ4n) is 1.57. The van der Waals surface area contributed by atoms with Gasteiger partial charge in [0.1, 0.15) is 5.82 Å². The van der Waals surface area contributed by atoms with Crippen molar-refractivity contribution in [2.45, 2.75) is 24.9 Å². The van der Waals surface area contributed by atoms with Gasteiger partial charge in [-0.15, -0.1) is 0 Å². The largest absolute Gasteiger partial charge is 0.353 e. The van der Waals surface area contributed by atoms with Crippen LogP contribution in [0.5, 0.6) is 0 Å². The summed E-state index contributed by atoms with van der Waals surface area (Å²) < 4.78 is 28.2. The molecular weight excluding hydrogens is 252 g/mol. The molecule has 6 nitrogen and oxygen atoms in total. The van der Waals surface area contributed by atoms with Crippen LogP contribution in [0.3, 0.4) is 0 Å². The number of nitrogens with zero attached hydrogens (tertiary/aromatic N) is 2. The van der Waals surface area contributed by atoms with Crippen LogP contribution in [0, 0.1) is 0 Å². The molecule has 0 bridgehead atoms. The van der Waals surface area contributed by atoms with E-state index in [2.05, 4.69) is 14.7 Å². The van der Waals surface area contributed by atoms with E-state index in [1.165, 1.54) is 6.20 Å². The zero-order valence-corrected chi connectivity index (χ0v) is 10.9. The zero-order valence-electron chi connectivity index (χ0n) is 10.1. The molecule has 0 spiro atoms. The Morgan fingerprint density at radius 2 is 2.11 bits per heavy atom. The molecule has 0 aliphatic carbocycles. The molecule has 0 radical (unpaired) electrons. The lowest BCUT2D eigenvalue weighted by Gasteiger charge is -2.05. The number of aromatic nitrogens is 3. The highest BCUT2D eigenvalue weighted by molar-refractivity contribution is 7.89. The molecule has 0 aromatic carbocycles. The first kappa shape index (κ1) is 12.8. The highest BCUT2D eigenvalue weighted by Crippen LogP contribution is 2.05. The Bertz CT molecular complexity index is 586. The molecule has 0 amide bonds. The van der Waals surface area contributed by atoms with E-state index < -0.39 is 10.0 Å². The SMILES string of the molecule is CCc1ncc(S(=O)(=O)NCCn2cccc2)[nH]1. The molecule has 7 heteroatoms. The van der Waals surface area contributed by atoms with Crippen molar-refractivity contribution in [1.29, 1.82) is 0 Å². The lowest BCUT2D eigenvalue weighted by molar-refractivity contribution is 0.570. The Morgan fingerprint density at radius 1 is 1.39 bits per heavy atom. The van der Waals surface area contributed by atoms with Gasteiger partial charge in [-0.2, -0.15) is 0 Å². The second-order valence-corrected chi connectivity index (χ2v) is 5.60. The minimum atomic E-state index is -3.48. The predicted molar refractivity (Wildman–Crippen MR) is 67.6 cm³/mol. The standard InChI is InChI=1S/C11H16N4O2S/c1-2-10-12-9-11(14-10)18(16,17)13-5-8-15-6-3-4-7-15/h3-4,6-7,9,13H,2,5,8H2,1H3,(H,12,14). The van der Waals surface area contributed by atoms with Crippen LogP contribution in [-0.4, -0.2) is 29.5 Å². The van der Waals surface area contributed by atoms with Crippen molar-refractivity contribution >= 4 is 10.0 Å². The van der Waals surface area contributed by atoms with Crippen LogP contribution in [0.1, 0.15) is 12.7 Å². The number of sulfonamides is 1. The Labute approximate surface area is 106 Å². The molecule has 0 saturated carbocycles. The molecule has 0 fully saturated rings. The van der Waals surface area contributed by atoms with Gasteiger partial charge in [0.15, 0.2) is 5.03 Å². The van der Waals surface area contributed by atoms with Gasteiger partial charge in [0.2, 0.25) is 0 Å². The van der Waals surface area contributed by atoms with Crippen molar-refractivity contribution in [2.75, 3.05) is 6.54 Å². The number of hydrogen-bond acceptors (Lipinski definition) is 3. The number of aromatic amines is 1. The quantitative estimate of drug-likeness (QED) is 0.811. The molecular formula is C11H16N4O2S. The Morgan fingerprint density at radius 3 is 2.72 bits per heavy atom. The van der Waals surface area contributed by atoms with Gasteiger partial charge in [0, 0.05) is 31.9 Å². The monoisotopic (exact) mass is 268 g/mol. The second kappa shape index (κ2) is 5.36. The summed E-state index contributed by atoms with van der Waals surface area (Å²) in [5.41, 5.74) is 0. The Balaban J connectivity index is 1.95. The highest BCUT2D eigenvalue weighted by atomic mass is 32.2. The number of nitrogens with one attached hydrogen (secondary N) is 2. The third kappa shape index (κ3) is 2.99. The van der Waals surface area contributed by atoms with Gasteiger partial charge in [-0.1, -0.05) is 6.92 Å². The fourth-order valence-corrected chi connectivity index (χ4v) is 2.52. The van der Waals surface area contributed by atoms with Crippen molar-refractivity contribution in [2.24, 2.45) is 0 Å². The minimum Gasteiger partial charge on any atom is -0.353 e. The third-order valence-corrected chi connectivity index (χ3v) is 3.93. The van der Waals surface area contributed by atoms with E-state index in [9.17, 15) is 8.42 Å². The maximum Gasteiger partial charge on any atom is 0.257 e. The molecule has 98 valence electrons. The van der Waals surface area contributed by atoms with Crippen molar-refractivity contribution in [3.63, 3.8) is 0 Å². The lowest BCUT2D eigenvalue weighted by atomic mass is 10.5. The Kier molecular flexibility index (Phi) is 3.83. The first-order valence-corrected chi connectivity index (χ1v) is 7.24. The highest BCUT2D eigenvalue weighted by Gasteiger charge is 2.15. The normalized spacial score (nSPS) is 11.8. The van der Waals surface area contributed by atoms with Crippen LogP contribution in [-0.2, 0) is 23.0 Å². The van der Waals surface area contributed by atoms with Crippen molar-refractivity contribution in [3.05, 3.63) is 36.5 Å². The molecule has 2 aromatic heterocycles. The van der Waals surface area contributed by atoms with E-state index in [0.29, 0.717) is 25.3 Å². The van der Waals surface area contributed by atoms with Gasteiger partial charge in [-0.3, -0.25) is 0 Å². The Hall–Kier alpha value is -1.60. The summed E-state index contributed by atoms with van der Waals surface area (Å²) in [6.07, 6.45) is 5.80. The molecule has 0 aliphatic heterocycles. The molecule has 2 rings (SSSR count). The van der Waals surface area contributed by atoms with Crippen LogP contribution in [0.25, 0.3) is 0 Å². The maximum absolute atomic E-state index is 11.9.